The van der Waals surface area contributed by atoms with Gasteiger partial charge in [-0.15, -0.1) is 0 Å². The molecule has 2 N–H and O–H groups in total. The predicted octanol–water partition coefficient (Wildman–Crippen LogP) is 7.42. The van der Waals surface area contributed by atoms with E-state index in [4.69, 9.17) is 23.2 Å². The third kappa shape index (κ3) is 5.58. The monoisotopic (exact) mass is 540 g/mol. The van der Waals surface area contributed by atoms with Gasteiger partial charge in [0.05, 0.1) is 22.6 Å². The molecule has 1 atom stereocenters. The molecule has 0 aliphatic heterocycles. The molecule has 0 aliphatic carbocycles. The summed E-state index contributed by atoms with van der Waals surface area (Å²) in [5.74, 6) is -2.92. The second-order valence-electron chi connectivity index (χ2n) is 7.85. The summed E-state index contributed by atoms with van der Waals surface area (Å²) in [6.07, 6.45) is 1.05. The third-order valence-electron chi connectivity index (χ3n) is 5.43. The van der Waals surface area contributed by atoms with Crippen LogP contribution in [0.4, 0.5) is 37.5 Å². The Hall–Kier alpha value is -4.33. The number of hydrogen-bond acceptors (Lipinski definition) is 7. The summed E-state index contributed by atoms with van der Waals surface area (Å²) in [6.45, 7) is 1.73. The molecule has 0 spiro atoms. The van der Waals surface area contributed by atoms with E-state index in [1.54, 1.807) is 37.3 Å². The number of nitrogens with one attached hydrogen (secondary N) is 2. The zero-order valence-electron chi connectivity index (χ0n) is 19.0. The highest BCUT2D eigenvalue weighted by atomic mass is 35.5. The van der Waals surface area contributed by atoms with Crippen LogP contribution >= 0.6 is 23.2 Å². The SMILES string of the molecule is Cc1cc(C(C#N)c2ccc(Cl)cc2)c(Cl)cc1Nc1ncnc(Nc2ccc(F)cc2F)c1[N+](=O)[O-]. The molecular formula is C25H16Cl2F2N6O2. The van der Waals surface area contributed by atoms with E-state index in [0.717, 1.165) is 18.5 Å². The Labute approximate surface area is 219 Å². The molecule has 12 heteroatoms. The quantitative estimate of drug-likeness (QED) is 0.185. The first-order valence-electron chi connectivity index (χ1n) is 10.6. The molecule has 0 saturated carbocycles. The van der Waals surface area contributed by atoms with Crippen LogP contribution < -0.4 is 10.6 Å². The fourth-order valence-corrected chi connectivity index (χ4v) is 4.02. The standard InChI is InChI=1S/C25H16Cl2F2N6O2/c1-13-8-17(18(11-30)14-2-4-15(26)5-3-14)19(27)10-22(13)34-25-23(35(36)37)24(31-12-32-25)33-21-7-6-16(28)9-20(21)29/h2-10,12,18H,1H3,(H2,31,32,33,34). The number of nitro groups is 1. The van der Waals surface area contributed by atoms with Gasteiger partial charge in [-0.2, -0.15) is 5.26 Å². The topological polar surface area (TPSA) is 117 Å². The van der Waals surface area contributed by atoms with Crippen molar-refractivity contribution in [2.45, 2.75) is 12.8 Å². The molecule has 0 bridgehead atoms. The van der Waals surface area contributed by atoms with Gasteiger partial charge in [0.1, 0.15) is 18.0 Å². The zero-order chi connectivity index (χ0) is 26.7. The number of aryl methyl sites for hydroxylation is 1. The number of benzene rings is 3. The fraction of sp³-hybridized carbons (Fsp3) is 0.0800. The van der Waals surface area contributed by atoms with Crippen LogP contribution in [0.15, 0.2) is 60.9 Å². The molecule has 3 aromatic carbocycles. The summed E-state index contributed by atoms with van der Waals surface area (Å²) in [5.41, 5.74) is 1.48. The second kappa shape index (κ2) is 10.7. The maximum atomic E-state index is 14.1. The first-order valence-corrected chi connectivity index (χ1v) is 11.4. The minimum atomic E-state index is -0.951. The molecule has 186 valence electrons. The Kier molecular flexibility index (Phi) is 7.47. The van der Waals surface area contributed by atoms with Gasteiger partial charge >= 0.3 is 5.69 Å². The first kappa shape index (κ1) is 25.8. The lowest BCUT2D eigenvalue weighted by molar-refractivity contribution is -0.383. The minimum Gasteiger partial charge on any atom is -0.334 e. The van der Waals surface area contributed by atoms with Gasteiger partial charge in [-0.25, -0.2) is 18.7 Å². The summed E-state index contributed by atoms with van der Waals surface area (Å²) in [5, 5.41) is 27.9. The normalized spacial score (nSPS) is 11.5. The molecule has 1 aromatic heterocycles. The lowest BCUT2D eigenvalue weighted by atomic mass is 9.91. The number of hydrogen-bond donors (Lipinski definition) is 2. The highest BCUT2D eigenvalue weighted by Gasteiger charge is 2.25. The van der Waals surface area contributed by atoms with Crippen molar-refractivity contribution in [3.63, 3.8) is 0 Å². The van der Waals surface area contributed by atoms with E-state index >= 15 is 0 Å². The number of nitrogens with zero attached hydrogens (tertiary/aromatic N) is 4. The Balaban J connectivity index is 1.69. The van der Waals surface area contributed by atoms with Crippen LogP contribution in [0.5, 0.6) is 0 Å². The van der Waals surface area contributed by atoms with Crippen molar-refractivity contribution in [2.24, 2.45) is 0 Å². The van der Waals surface area contributed by atoms with Crippen molar-refractivity contribution in [3.8, 4) is 6.07 Å². The van der Waals surface area contributed by atoms with Crippen molar-refractivity contribution in [1.29, 1.82) is 5.26 Å². The highest BCUT2D eigenvalue weighted by molar-refractivity contribution is 6.32. The predicted molar refractivity (Wildman–Crippen MR) is 137 cm³/mol. The number of rotatable bonds is 7. The number of nitriles is 1. The number of anilines is 4. The van der Waals surface area contributed by atoms with E-state index in [0.29, 0.717) is 33.5 Å². The largest absolute Gasteiger partial charge is 0.353 e. The van der Waals surface area contributed by atoms with Gasteiger partial charge in [0.2, 0.25) is 11.6 Å². The van der Waals surface area contributed by atoms with E-state index in [-0.39, 0.29) is 22.3 Å². The lowest BCUT2D eigenvalue weighted by Crippen LogP contribution is -2.07. The molecule has 4 aromatic rings. The van der Waals surface area contributed by atoms with Crippen LogP contribution in [0.2, 0.25) is 10.0 Å². The third-order valence-corrected chi connectivity index (χ3v) is 6.01. The van der Waals surface area contributed by atoms with Gasteiger partial charge in [0.15, 0.2) is 0 Å². The zero-order valence-corrected chi connectivity index (χ0v) is 20.5. The number of halogens is 4. The Bertz CT molecular complexity index is 1540. The van der Waals surface area contributed by atoms with Gasteiger partial charge in [0, 0.05) is 21.8 Å². The molecule has 0 amide bonds. The Morgan fingerprint density at radius 3 is 2.24 bits per heavy atom. The van der Waals surface area contributed by atoms with Crippen molar-refractivity contribution < 1.29 is 13.7 Å². The molecule has 0 aliphatic rings. The van der Waals surface area contributed by atoms with Gasteiger partial charge < -0.3 is 10.6 Å². The smallest absolute Gasteiger partial charge is 0.334 e. The molecule has 4 rings (SSSR count). The summed E-state index contributed by atoms with van der Waals surface area (Å²) >= 11 is 12.5. The molecule has 1 heterocycles. The second-order valence-corrected chi connectivity index (χ2v) is 8.70. The highest BCUT2D eigenvalue weighted by Crippen LogP contribution is 2.38. The Morgan fingerprint density at radius 1 is 1.00 bits per heavy atom. The van der Waals surface area contributed by atoms with Crippen molar-refractivity contribution in [1.82, 2.24) is 9.97 Å². The number of aromatic nitrogens is 2. The van der Waals surface area contributed by atoms with Crippen LogP contribution in [0.25, 0.3) is 0 Å². The molecule has 8 nitrogen and oxygen atoms in total. The lowest BCUT2D eigenvalue weighted by Gasteiger charge is -2.17. The van der Waals surface area contributed by atoms with Crippen molar-refractivity contribution >= 4 is 51.9 Å². The minimum absolute atomic E-state index is 0.188. The van der Waals surface area contributed by atoms with Gasteiger partial charge in [-0.1, -0.05) is 41.4 Å². The van der Waals surface area contributed by atoms with Crippen LogP contribution in [0.1, 0.15) is 22.6 Å². The van der Waals surface area contributed by atoms with Gasteiger partial charge in [-0.3, -0.25) is 10.1 Å². The summed E-state index contributed by atoms with van der Waals surface area (Å²) in [4.78, 5) is 19.0. The summed E-state index contributed by atoms with van der Waals surface area (Å²) < 4.78 is 27.4. The average Bonchev–Trinajstić information content (AvgIpc) is 2.85. The van der Waals surface area contributed by atoms with E-state index in [9.17, 15) is 24.2 Å². The van der Waals surface area contributed by atoms with Crippen LogP contribution in [0.3, 0.4) is 0 Å². The van der Waals surface area contributed by atoms with Crippen LogP contribution in [-0.4, -0.2) is 14.9 Å². The van der Waals surface area contributed by atoms with Crippen LogP contribution in [-0.2, 0) is 0 Å². The first-order chi connectivity index (χ1) is 17.7. The average molecular weight is 541 g/mol. The van der Waals surface area contributed by atoms with E-state index in [1.807, 2.05) is 0 Å². The Morgan fingerprint density at radius 2 is 1.65 bits per heavy atom. The van der Waals surface area contributed by atoms with Crippen molar-refractivity contribution in [2.75, 3.05) is 10.6 Å². The van der Waals surface area contributed by atoms with Gasteiger partial charge in [-0.05, 0) is 53.9 Å². The van der Waals surface area contributed by atoms with E-state index in [2.05, 4.69) is 26.7 Å². The van der Waals surface area contributed by atoms with E-state index in [1.165, 1.54) is 6.07 Å². The molecule has 1 unspecified atom stereocenters. The maximum absolute atomic E-state index is 14.1. The molecule has 0 radical (unpaired) electrons. The fourth-order valence-electron chi connectivity index (χ4n) is 3.62. The maximum Gasteiger partial charge on any atom is 0.353 e. The molecular weight excluding hydrogens is 525 g/mol. The summed E-state index contributed by atoms with van der Waals surface area (Å²) in [7, 11) is 0. The summed E-state index contributed by atoms with van der Waals surface area (Å²) in [6, 6.07) is 15.0. The van der Waals surface area contributed by atoms with Crippen molar-refractivity contribution in [3.05, 3.63) is 109 Å². The van der Waals surface area contributed by atoms with Gasteiger partial charge in [0.25, 0.3) is 0 Å². The van der Waals surface area contributed by atoms with E-state index < -0.39 is 28.2 Å². The molecule has 0 fully saturated rings. The molecule has 37 heavy (non-hydrogen) atoms. The van der Waals surface area contributed by atoms with Crippen LogP contribution in [0, 0.1) is 40.0 Å². The molecule has 0 saturated heterocycles.